The third-order valence-corrected chi connectivity index (χ3v) is 4.97. The van der Waals surface area contributed by atoms with E-state index in [1.54, 1.807) is 5.57 Å². The lowest BCUT2D eigenvalue weighted by molar-refractivity contribution is 0.0747. The van der Waals surface area contributed by atoms with Gasteiger partial charge in [0.15, 0.2) is 0 Å². The summed E-state index contributed by atoms with van der Waals surface area (Å²) in [5.41, 5.74) is 1.62. The molecule has 2 rings (SSSR count). The Kier molecular flexibility index (Phi) is 3.73. The molecule has 2 aliphatic carbocycles. The van der Waals surface area contributed by atoms with Gasteiger partial charge in [-0.2, -0.15) is 0 Å². The smallest absolute Gasteiger partial charge is 0.0459 e. The summed E-state index contributed by atoms with van der Waals surface area (Å²) in [6.07, 6.45) is 7.54. The summed E-state index contributed by atoms with van der Waals surface area (Å²) in [5, 5.41) is 9.36. The molecule has 2 aliphatic rings. The summed E-state index contributed by atoms with van der Waals surface area (Å²) in [7, 11) is 0. The van der Waals surface area contributed by atoms with E-state index in [1.165, 1.54) is 25.7 Å². The summed E-state index contributed by atoms with van der Waals surface area (Å²) in [6.45, 7) is 7.43. The monoisotopic (exact) mass is 222 g/mol. The Morgan fingerprint density at radius 2 is 2.12 bits per heavy atom. The van der Waals surface area contributed by atoms with Crippen LogP contribution in [0.25, 0.3) is 0 Å². The molecular weight excluding hydrogens is 196 g/mol. The molecule has 0 aromatic heterocycles. The second kappa shape index (κ2) is 4.91. The zero-order valence-corrected chi connectivity index (χ0v) is 10.9. The van der Waals surface area contributed by atoms with Gasteiger partial charge in [0, 0.05) is 6.61 Å². The minimum atomic E-state index is 0.400. The van der Waals surface area contributed by atoms with Gasteiger partial charge < -0.3 is 5.11 Å². The topological polar surface area (TPSA) is 20.2 Å². The Labute approximate surface area is 99.9 Å². The lowest BCUT2D eigenvalue weighted by atomic mass is 9.61. The first-order valence-corrected chi connectivity index (χ1v) is 6.91. The van der Waals surface area contributed by atoms with Gasteiger partial charge in [-0.25, -0.2) is 0 Å². The van der Waals surface area contributed by atoms with E-state index in [2.05, 4.69) is 26.8 Å². The van der Waals surface area contributed by atoms with Crippen LogP contribution in [0.1, 0.15) is 46.5 Å². The zero-order valence-electron chi connectivity index (χ0n) is 10.9. The summed E-state index contributed by atoms with van der Waals surface area (Å²) >= 11 is 0. The van der Waals surface area contributed by atoms with Crippen molar-refractivity contribution in [1.29, 1.82) is 0 Å². The molecule has 0 aromatic carbocycles. The first-order valence-electron chi connectivity index (χ1n) is 6.91. The van der Waals surface area contributed by atoms with Crippen molar-refractivity contribution in [1.82, 2.24) is 0 Å². The summed E-state index contributed by atoms with van der Waals surface area (Å²) in [5.74, 6) is 3.88. The molecule has 4 atom stereocenters. The van der Waals surface area contributed by atoms with Crippen molar-refractivity contribution in [3.8, 4) is 0 Å². The normalized spacial score (nSPS) is 39.4. The van der Waals surface area contributed by atoms with Crippen LogP contribution >= 0.6 is 0 Å². The highest BCUT2D eigenvalue weighted by Crippen LogP contribution is 2.47. The van der Waals surface area contributed by atoms with Crippen molar-refractivity contribution in [3.05, 3.63) is 11.6 Å². The Balaban J connectivity index is 2.15. The zero-order chi connectivity index (χ0) is 11.7. The van der Waals surface area contributed by atoms with Crippen molar-refractivity contribution in [2.24, 2.45) is 29.6 Å². The van der Waals surface area contributed by atoms with Crippen molar-refractivity contribution < 1.29 is 5.11 Å². The molecule has 0 heterocycles. The van der Waals surface area contributed by atoms with Gasteiger partial charge in [0.25, 0.3) is 0 Å². The number of hydrogen-bond acceptors (Lipinski definition) is 1. The van der Waals surface area contributed by atoms with Gasteiger partial charge in [-0.3, -0.25) is 0 Å². The summed E-state index contributed by atoms with van der Waals surface area (Å²) < 4.78 is 0. The number of hydrogen-bond donors (Lipinski definition) is 1. The van der Waals surface area contributed by atoms with Gasteiger partial charge in [-0.15, -0.1) is 0 Å². The fourth-order valence-corrected chi connectivity index (χ4v) is 3.92. The van der Waals surface area contributed by atoms with Gasteiger partial charge in [0.05, 0.1) is 0 Å². The van der Waals surface area contributed by atoms with E-state index in [4.69, 9.17) is 0 Å². The molecule has 1 fully saturated rings. The van der Waals surface area contributed by atoms with Crippen LogP contribution in [-0.2, 0) is 0 Å². The highest BCUT2D eigenvalue weighted by atomic mass is 16.3. The molecule has 1 saturated carbocycles. The van der Waals surface area contributed by atoms with Crippen molar-refractivity contribution in [3.63, 3.8) is 0 Å². The van der Waals surface area contributed by atoms with E-state index in [0.29, 0.717) is 12.5 Å². The van der Waals surface area contributed by atoms with E-state index in [9.17, 15) is 5.11 Å². The van der Waals surface area contributed by atoms with Crippen LogP contribution in [0, 0.1) is 29.6 Å². The quantitative estimate of drug-likeness (QED) is 0.707. The van der Waals surface area contributed by atoms with Gasteiger partial charge in [0.1, 0.15) is 0 Å². The molecule has 0 bridgehead atoms. The number of fused-ring (bicyclic) bond motifs is 1. The predicted octanol–water partition coefficient (Wildman–Crippen LogP) is 3.63. The molecule has 1 N–H and O–H groups in total. The first kappa shape index (κ1) is 12.2. The number of aliphatic hydroxyl groups excluding tert-OH is 1. The van der Waals surface area contributed by atoms with E-state index >= 15 is 0 Å². The number of rotatable bonds is 2. The third kappa shape index (κ3) is 2.20. The van der Waals surface area contributed by atoms with Crippen molar-refractivity contribution in [2.75, 3.05) is 6.61 Å². The molecule has 1 heteroatoms. The number of allylic oxidation sites excluding steroid dienone is 2. The molecule has 0 aromatic rings. The third-order valence-electron chi connectivity index (χ3n) is 4.97. The fourth-order valence-electron chi connectivity index (χ4n) is 3.92. The molecule has 1 nitrogen and oxygen atoms in total. The molecule has 0 radical (unpaired) electrons. The van der Waals surface area contributed by atoms with Crippen LogP contribution in [0.3, 0.4) is 0 Å². The van der Waals surface area contributed by atoms with Crippen LogP contribution in [0.2, 0.25) is 0 Å². The molecule has 0 unspecified atom stereocenters. The van der Waals surface area contributed by atoms with Gasteiger partial charge >= 0.3 is 0 Å². The summed E-state index contributed by atoms with van der Waals surface area (Å²) in [6, 6.07) is 0. The second-order valence-electron chi connectivity index (χ2n) is 6.22. The fraction of sp³-hybridized carbons (Fsp3) is 0.867. The maximum atomic E-state index is 9.36. The minimum Gasteiger partial charge on any atom is -0.396 e. The van der Waals surface area contributed by atoms with Crippen molar-refractivity contribution >= 4 is 0 Å². The van der Waals surface area contributed by atoms with Crippen molar-refractivity contribution in [2.45, 2.75) is 46.5 Å². The van der Waals surface area contributed by atoms with Crippen LogP contribution in [0.15, 0.2) is 11.6 Å². The molecule has 92 valence electrons. The van der Waals surface area contributed by atoms with E-state index < -0.39 is 0 Å². The van der Waals surface area contributed by atoms with Crippen LogP contribution in [0.5, 0.6) is 0 Å². The minimum absolute atomic E-state index is 0.400. The highest BCUT2D eigenvalue weighted by molar-refractivity contribution is 5.13. The first-order chi connectivity index (χ1) is 7.63. The molecule has 0 spiro atoms. The van der Waals surface area contributed by atoms with Crippen LogP contribution < -0.4 is 0 Å². The lowest BCUT2D eigenvalue weighted by Gasteiger charge is -2.45. The van der Waals surface area contributed by atoms with Gasteiger partial charge in [-0.1, -0.05) is 25.5 Å². The standard InChI is InChI=1S/C15H26O/c1-10(2)13-6-4-11(3)14-7-5-12(9-16)8-15(13)14/h4,10,12-16H,5-9H2,1-3H3/t12-,13+,14-,15+/m1/s1. The molecule has 0 aliphatic heterocycles. The molecular formula is C15H26O. The van der Waals surface area contributed by atoms with Gasteiger partial charge in [-0.05, 0) is 62.2 Å². The summed E-state index contributed by atoms with van der Waals surface area (Å²) in [4.78, 5) is 0. The molecule has 16 heavy (non-hydrogen) atoms. The maximum Gasteiger partial charge on any atom is 0.0459 e. The van der Waals surface area contributed by atoms with E-state index in [0.717, 1.165) is 23.7 Å². The van der Waals surface area contributed by atoms with Crippen LogP contribution in [-0.4, -0.2) is 11.7 Å². The Morgan fingerprint density at radius 3 is 2.75 bits per heavy atom. The average molecular weight is 222 g/mol. The Hall–Kier alpha value is -0.300. The Morgan fingerprint density at radius 1 is 1.38 bits per heavy atom. The molecule has 0 amide bonds. The lowest BCUT2D eigenvalue weighted by Crippen LogP contribution is -2.36. The van der Waals surface area contributed by atoms with E-state index in [1.807, 2.05) is 0 Å². The molecule has 0 saturated heterocycles. The largest absolute Gasteiger partial charge is 0.396 e. The second-order valence-corrected chi connectivity index (χ2v) is 6.22. The predicted molar refractivity (Wildman–Crippen MR) is 68.1 cm³/mol. The SMILES string of the molecule is CC1=CC[C@@H](C(C)C)[C@@H]2C[C@H](CO)CC[C@H]12. The van der Waals surface area contributed by atoms with Crippen LogP contribution in [0.4, 0.5) is 0 Å². The Bertz CT molecular complexity index is 267. The van der Waals surface area contributed by atoms with E-state index in [-0.39, 0.29) is 0 Å². The highest BCUT2D eigenvalue weighted by Gasteiger charge is 2.38. The maximum absolute atomic E-state index is 9.36. The van der Waals surface area contributed by atoms with Gasteiger partial charge in [0.2, 0.25) is 0 Å². The number of aliphatic hydroxyl groups is 1. The average Bonchev–Trinajstić information content (AvgIpc) is 2.28.